The van der Waals surface area contributed by atoms with E-state index in [1.165, 1.54) is 0 Å². The van der Waals surface area contributed by atoms with E-state index < -0.39 is 5.41 Å². The topological polar surface area (TPSA) is 83.1 Å². The van der Waals surface area contributed by atoms with E-state index in [-0.39, 0.29) is 0 Å². The molecule has 0 heterocycles. The third-order valence-electron chi connectivity index (χ3n) is 11.6. The normalized spacial score (nSPS) is 11.2. The van der Waals surface area contributed by atoms with Crippen molar-refractivity contribution in [2.24, 2.45) is 0 Å². The first-order valence-electron chi connectivity index (χ1n) is 25.0. The molecule has 0 radical (unpaired) electrons. The number of halogens is 6. The molecule has 0 saturated heterocycles. The van der Waals surface area contributed by atoms with Gasteiger partial charge in [-0.25, -0.2) is 0 Å². The fourth-order valence-corrected chi connectivity index (χ4v) is 9.14. The van der Waals surface area contributed by atoms with Crippen LogP contribution in [0.5, 0.6) is 51.7 Å². The highest BCUT2D eigenvalue weighted by Crippen LogP contribution is 2.41. The van der Waals surface area contributed by atoms with E-state index in [9.17, 15) is 0 Å². The maximum absolute atomic E-state index is 6.42. The molecule has 398 valence electrons. The van der Waals surface area contributed by atoms with Gasteiger partial charge in [-0.15, -0.1) is 0 Å². The van der Waals surface area contributed by atoms with Crippen LogP contribution < -0.4 is 42.6 Å². The average molecular weight is 1400 g/mol. The first-order chi connectivity index (χ1) is 36.3. The number of hydrogen-bond donors (Lipinski definition) is 0. The van der Waals surface area contributed by atoms with Gasteiger partial charge >= 0.3 is 0 Å². The molecule has 0 aliphatic carbocycles. The fraction of sp³-hybridized carbons (Fsp3) is 0.390. The van der Waals surface area contributed by atoms with E-state index in [0.29, 0.717) is 59.5 Å². The molecule has 0 N–H and O–H groups in total. The Kier molecular flexibility index (Phi) is 27.0. The third-order valence-corrected chi connectivity index (χ3v) is 15.0. The monoisotopic (exact) mass is 1390 g/mol. The summed E-state index contributed by atoms with van der Waals surface area (Å²) in [5, 5.41) is 5.24. The Balaban J connectivity index is 1.24. The van der Waals surface area contributed by atoms with Crippen molar-refractivity contribution in [1.29, 1.82) is 0 Å². The van der Waals surface area contributed by atoms with E-state index >= 15 is 0 Å². The van der Waals surface area contributed by atoms with Crippen LogP contribution in [0, 0.1) is 0 Å². The smallest absolute Gasteiger partial charge is 0.123 e. The van der Waals surface area contributed by atoms with Crippen LogP contribution in [0.1, 0.15) is 78.8 Å². The summed E-state index contributed by atoms with van der Waals surface area (Å²) in [6.45, 7) is 6.95. The molecule has 0 bridgehead atoms. The van der Waals surface area contributed by atoms with E-state index in [1.54, 1.807) is 0 Å². The van der Waals surface area contributed by atoms with Gasteiger partial charge in [-0.2, -0.15) is 0 Å². The second-order valence-electron chi connectivity index (χ2n) is 17.3. The number of alkyl halides is 6. The van der Waals surface area contributed by atoms with Gasteiger partial charge in [0, 0.05) is 55.6 Å². The molecule has 0 fully saturated rings. The molecule has 6 rings (SSSR count). The maximum atomic E-state index is 6.42. The van der Waals surface area contributed by atoms with Crippen LogP contribution >= 0.6 is 95.6 Å². The molecular weight excluding hydrogens is 1330 g/mol. The Morgan fingerprint density at radius 3 is 0.662 bits per heavy atom. The van der Waals surface area contributed by atoms with Crippen molar-refractivity contribution in [3.63, 3.8) is 0 Å². The summed E-state index contributed by atoms with van der Waals surface area (Å²) in [5.41, 5.74) is 5.57. The number of hydrogen-bond acceptors (Lipinski definition) is 9. The zero-order chi connectivity index (χ0) is 52.2. The van der Waals surface area contributed by atoms with Gasteiger partial charge in [0.05, 0.1) is 39.6 Å². The molecule has 74 heavy (non-hydrogen) atoms. The fourth-order valence-electron chi connectivity index (χ4n) is 7.76. The van der Waals surface area contributed by atoms with Gasteiger partial charge in [-0.3, -0.25) is 0 Å². The summed E-state index contributed by atoms with van der Waals surface area (Å²) in [6, 6.07) is 43.1. The standard InChI is InChI=1S/C59H66Br6O9/c1-59(47-8-14-50(15-9-47)72-41-44-32-53(66-26-2-20-60)38-54(33-44)67-27-3-21-61,48-10-16-51(17-11-48)73-42-45-34-55(68-28-4-22-62)39-56(35-45)69-29-5-23-63)49-12-18-52(19-13-49)74-43-46-36-57(70-30-6-24-64)40-58(37-46)71-31-7-25-65/h8-19,32-40H,2-7,20-31,41-43H2,1H3. The van der Waals surface area contributed by atoms with Crippen molar-refractivity contribution in [3.8, 4) is 51.7 Å². The highest BCUT2D eigenvalue weighted by molar-refractivity contribution is 9.10. The minimum atomic E-state index is -0.581. The van der Waals surface area contributed by atoms with Crippen LogP contribution in [0.25, 0.3) is 0 Å². The lowest BCUT2D eigenvalue weighted by Crippen LogP contribution is -2.25. The maximum Gasteiger partial charge on any atom is 0.123 e. The van der Waals surface area contributed by atoms with Gasteiger partial charge in [0.2, 0.25) is 0 Å². The Morgan fingerprint density at radius 2 is 0.473 bits per heavy atom. The molecular formula is C59H66Br6O9. The van der Waals surface area contributed by atoms with Gasteiger partial charge in [-0.05, 0) is 152 Å². The molecule has 15 heteroatoms. The van der Waals surface area contributed by atoms with Gasteiger partial charge < -0.3 is 42.6 Å². The van der Waals surface area contributed by atoms with Crippen molar-refractivity contribution < 1.29 is 42.6 Å². The molecule has 0 spiro atoms. The van der Waals surface area contributed by atoms with Crippen LogP contribution in [0.4, 0.5) is 0 Å². The highest BCUT2D eigenvalue weighted by atomic mass is 79.9. The van der Waals surface area contributed by atoms with Gasteiger partial charge in [0.1, 0.15) is 71.6 Å². The SMILES string of the molecule is CC(c1ccc(OCc2cc(OCCCBr)cc(OCCCBr)c2)cc1)(c1ccc(OCc2cc(OCCCBr)cc(OCCCBr)c2)cc1)c1ccc(OCc2cc(OCCCBr)cc(OCCCBr)c2)cc1. The first kappa shape index (κ1) is 59.6. The van der Waals surface area contributed by atoms with Gasteiger partial charge in [-0.1, -0.05) is 132 Å². The number of ether oxygens (including phenoxy) is 9. The Hall–Kier alpha value is -3.60. The Morgan fingerprint density at radius 1 is 0.270 bits per heavy atom. The van der Waals surface area contributed by atoms with Gasteiger partial charge in [0.15, 0.2) is 0 Å². The van der Waals surface area contributed by atoms with Crippen molar-refractivity contribution in [3.05, 3.63) is 161 Å². The highest BCUT2D eigenvalue weighted by Gasteiger charge is 2.31. The summed E-state index contributed by atoms with van der Waals surface area (Å²) in [4.78, 5) is 0. The van der Waals surface area contributed by atoms with E-state index in [0.717, 1.165) is 156 Å². The molecule has 0 unspecified atom stereocenters. The predicted octanol–water partition coefficient (Wildman–Crippen LogP) is 16.8. The van der Waals surface area contributed by atoms with Crippen LogP contribution in [0.2, 0.25) is 0 Å². The molecule has 0 aliphatic heterocycles. The molecule has 0 aliphatic rings. The quantitative estimate of drug-likeness (QED) is 0.0217. The summed E-state index contributed by atoms with van der Waals surface area (Å²) in [6.07, 6.45) is 5.41. The Labute approximate surface area is 488 Å². The molecule has 0 aromatic heterocycles. The van der Waals surface area contributed by atoms with Gasteiger partial charge in [0.25, 0.3) is 0 Å². The van der Waals surface area contributed by atoms with Crippen LogP contribution in [0.15, 0.2) is 127 Å². The lowest BCUT2D eigenvalue weighted by molar-refractivity contribution is 0.290. The summed E-state index contributed by atoms with van der Waals surface area (Å²) in [5.74, 6) is 6.83. The van der Waals surface area contributed by atoms with Crippen molar-refractivity contribution in [2.45, 2.75) is 70.7 Å². The molecule has 6 aromatic rings. The minimum Gasteiger partial charge on any atom is -0.493 e. The van der Waals surface area contributed by atoms with Crippen molar-refractivity contribution in [2.75, 3.05) is 71.6 Å². The zero-order valence-corrected chi connectivity index (χ0v) is 51.4. The first-order valence-corrected chi connectivity index (χ1v) is 31.7. The van der Waals surface area contributed by atoms with Crippen molar-refractivity contribution >= 4 is 95.6 Å². The number of rotatable bonds is 36. The molecule has 0 amide bonds. The molecule has 6 aromatic carbocycles. The summed E-state index contributed by atoms with van der Waals surface area (Å²) >= 11 is 21.0. The lowest BCUT2D eigenvalue weighted by atomic mass is 9.71. The second-order valence-corrected chi connectivity index (χ2v) is 22.1. The average Bonchev–Trinajstić information content (AvgIpc) is 3.42. The van der Waals surface area contributed by atoms with E-state index in [2.05, 4.69) is 139 Å². The van der Waals surface area contributed by atoms with Crippen LogP contribution in [0.3, 0.4) is 0 Å². The largest absolute Gasteiger partial charge is 0.493 e. The zero-order valence-electron chi connectivity index (χ0n) is 41.9. The summed E-state index contributed by atoms with van der Waals surface area (Å²) < 4.78 is 55.7. The third kappa shape index (κ3) is 19.8. The van der Waals surface area contributed by atoms with Crippen LogP contribution in [-0.2, 0) is 25.2 Å². The molecule has 9 nitrogen and oxygen atoms in total. The Bertz CT molecular complexity index is 2170. The predicted molar refractivity (Wildman–Crippen MR) is 321 cm³/mol. The summed E-state index contributed by atoms with van der Waals surface area (Å²) in [7, 11) is 0. The molecule has 0 saturated carbocycles. The minimum absolute atomic E-state index is 0.351. The second kappa shape index (κ2) is 33.5. The van der Waals surface area contributed by atoms with Crippen LogP contribution in [-0.4, -0.2) is 71.6 Å². The van der Waals surface area contributed by atoms with E-state index in [1.807, 2.05) is 91.0 Å². The van der Waals surface area contributed by atoms with E-state index in [4.69, 9.17) is 42.6 Å². The number of benzene rings is 6. The lowest BCUT2D eigenvalue weighted by Gasteiger charge is -2.32. The van der Waals surface area contributed by atoms with Crippen molar-refractivity contribution in [1.82, 2.24) is 0 Å². The molecule has 0 atom stereocenters.